The van der Waals surface area contributed by atoms with E-state index in [9.17, 15) is 0 Å². The van der Waals surface area contributed by atoms with Crippen molar-refractivity contribution in [2.24, 2.45) is 17.1 Å². The second kappa shape index (κ2) is 17.4. The molecule has 0 heterocycles. The van der Waals surface area contributed by atoms with Gasteiger partial charge in [-0.25, -0.2) is 0 Å². The van der Waals surface area contributed by atoms with E-state index in [1.165, 1.54) is 49.9 Å². The van der Waals surface area contributed by atoms with Crippen LogP contribution in [0.25, 0.3) is 10.8 Å². The summed E-state index contributed by atoms with van der Waals surface area (Å²) in [6.45, 7) is 25.1. The first-order chi connectivity index (χ1) is 23.8. The molecule has 2 aromatic carbocycles. The molecule has 0 saturated carbocycles. The van der Waals surface area contributed by atoms with Crippen molar-refractivity contribution in [2.75, 3.05) is 6.54 Å². The van der Waals surface area contributed by atoms with Crippen LogP contribution in [0.2, 0.25) is 0 Å². The van der Waals surface area contributed by atoms with E-state index in [4.69, 9.17) is 5.73 Å². The van der Waals surface area contributed by atoms with E-state index < -0.39 is 0 Å². The molecular formula is C48H60N2. The maximum absolute atomic E-state index is 5.91. The summed E-state index contributed by atoms with van der Waals surface area (Å²) in [4.78, 5) is 2.41. The highest BCUT2D eigenvalue weighted by atomic mass is 15.1. The Morgan fingerprint density at radius 3 is 2.36 bits per heavy atom. The molecule has 2 nitrogen and oxygen atoms in total. The molecule has 2 heteroatoms. The smallest absolute Gasteiger partial charge is 0.0412 e. The quantitative estimate of drug-likeness (QED) is 0.161. The van der Waals surface area contributed by atoms with Crippen LogP contribution in [0.1, 0.15) is 85.3 Å². The van der Waals surface area contributed by atoms with E-state index >= 15 is 0 Å². The van der Waals surface area contributed by atoms with E-state index in [1.54, 1.807) is 0 Å². The van der Waals surface area contributed by atoms with Crippen molar-refractivity contribution >= 4 is 10.8 Å². The zero-order chi connectivity index (χ0) is 36.3. The van der Waals surface area contributed by atoms with Gasteiger partial charge in [-0.15, -0.1) is 6.58 Å². The minimum absolute atomic E-state index is 0.00178. The number of aryl methyl sites for hydroxylation is 1. The molecule has 0 aliphatic heterocycles. The van der Waals surface area contributed by atoms with Crippen LogP contribution in [0.5, 0.6) is 0 Å². The van der Waals surface area contributed by atoms with Gasteiger partial charge in [0.25, 0.3) is 0 Å². The second-order valence-electron chi connectivity index (χ2n) is 15.5. The summed E-state index contributed by atoms with van der Waals surface area (Å²) in [6, 6.07) is 13.3. The van der Waals surface area contributed by atoms with E-state index in [0.29, 0.717) is 0 Å². The van der Waals surface area contributed by atoms with Crippen molar-refractivity contribution in [1.29, 1.82) is 0 Å². The summed E-state index contributed by atoms with van der Waals surface area (Å²) in [7, 11) is 0. The monoisotopic (exact) mass is 664 g/mol. The van der Waals surface area contributed by atoms with Crippen molar-refractivity contribution in [2.45, 2.75) is 86.0 Å². The SMILES string of the molecule is C=C(C)CCN(/C=C/C=C/C=C/C=C(/C)C(C)(C)c1c(CCCC(=C)N)ccc2ccccc12)C1=C(C(C)(C)C)C2C=C(C=C1)/C=C\C/C=C\2. The minimum atomic E-state index is -0.143. The lowest BCUT2D eigenvalue weighted by Crippen LogP contribution is -2.26. The van der Waals surface area contributed by atoms with Gasteiger partial charge in [-0.2, -0.15) is 0 Å². The second-order valence-corrected chi connectivity index (χ2v) is 15.5. The standard InChI is InChI=1S/C48H60N2/c1-36(2)32-34-50(44-31-28-39-23-15-13-16-25-42(35-39)46(44)47(5,6)7)33-19-12-10-11-14-21-37(3)48(8,9)45-41(26-20-22-38(4)49)30-29-40-24-17-18-27-43(40)45/h10-12,14-19,21,23-25,27-31,33,35,42H,1,4,13,20,22,26,32,34,49H2,2-3,5-9H3/b12-10+,14-11+,23-15-,25-16-,33-19+,37-21-. The van der Waals surface area contributed by atoms with Gasteiger partial charge in [0.2, 0.25) is 0 Å². The molecule has 0 spiro atoms. The van der Waals surface area contributed by atoms with E-state index in [2.05, 4.69) is 188 Å². The Labute approximate surface area is 303 Å². The Bertz CT molecular complexity index is 1820. The van der Waals surface area contributed by atoms with Gasteiger partial charge in [0.05, 0.1) is 0 Å². The summed E-state index contributed by atoms with van der Waals surface area (Å²) < 4.78 is 0. The topological polar surface area (TPSA) is 29.3 Å². The molecule has 2 aliphatic rings. The number of nitrogens with zero attached hydrogens (tertiary/aromatic N) is 1. The van der Waals surface area contributed by atoms with Gasteiger partial charge < -0.3 is 10.6 Å². The highest BCUT2D eigenvalue weighted by Gasteiger charge is 2.29. The fourth-order valence-corrected chi connectivity index (χ4v) is 6.99. The molecule has 2 aromatic rings. The summed E-state index contributed by atoms with van der Waals surface area (Å²) in [5, 5.41) is 2.60. The van der Waals surface area contributed by atoms with Crippen LogP contribution < -0.4 is 5.73 Å². The molecule has 262 valence electrons. The van der Waals surface area contributed by atoms with E-state index in [0.717, 1.165) is 44.3 Å². The maximum Gasteiger partial charge on any atom is 0.0412 e. The van der Waals surface area contributed by atoms with Gasteiger partial charge >= 0.3 is 0 Å². The number of hydrogen-bond donors (Lipinski definition) is 1. The van der Waals surface area contributed by atoms with Crippen LogP contribution in [0.4, 0.5) is 0 Å². The predicted octanol–water partition coefficient (Wildman–Crippen LogP) is 12.7. The van der Waals surface area contributed by atoms with Crippen LogP contribution in [-0.4, -0.2) is 11.4 Å². The molecule has 0 fully saturated rings. The number of rotatable bonds is 14. The fourth-order valence-electron chi connectivity index (χ4n) is 6.99. The molecule has 50 heavy (non-hydrogen) atoms. The molecular weight excluding hydrogens is 605 g/mol. The Kier molecular flexibility index (Phi) is 13.3. The third-order valence-electron chi connectivity index (χ3n) is 9.86. The van der Waals surface area contributed by atoms with Gasteiger partial charge in [-0.3, -0.25) is 0 Å². The van der Waals surface area contributed by atoms with E-state index in [1.807, 2.05) is 0 Å². The summed E-state index contributed by atoms with van der Waals surface area (Å²) >= 11 is 0. The summed E-state index contributed by atoms with van der Waals surface area (Å²) in [6.07, 6.45) is 36.1. The minimum Gasteiger partial charge on any atom is -0.403 e. The van der Waals surface area contributed by atoms with Gasteiger partial charge in [-0.1, -0.05) is 156 Å². The zero-order valence-electron chi connectivity index (χ0n) is 31.8. The van der Waals surface area contributed by atoms with Crippen molar-refractivity contribution in [3.63, 3.8) is 0 Å². The molecule has 2 N–H and O–H groups in total. The Hall–Kier alpha value is -4.56. The van der Waals surface area contributed by atoms with Gasteiger partial charge in [-0.05, 0) is 96.6 Å². The number of nitrogens with two attached hydrogens (primary N) is 1. The highest BCUT2D eigenvalue weighted by molar-refractivity contribution is 5.88. The van der Waals surface area contributed by atoms with E-state index in [-0.39, 0.29) is 16.7 Å². The lowest BCUT2D eigenvalue weighted by atomic mass is 9.73. The molecule has 1 unspecified atom stereocenters. The normalized spacial score (nSPS) is 18.4. The zero-order valence-corrected chi connectivity index (χ0v) is 31.8. The number of hydrogen-bond acceptors (Lipinski definition) is 2. The molecule has 2 bridgehead atoms. The van der Waals surface area contributed by atoms with Crippen molar-refractivity contribution < 1.29 is 0 Å². The van der Waals surface area contributed by atoms with Crippen molar-refractivity contribution in [3.8, 4) is 0 Å². The highest BCUT2D eigenvalue weighted by Crippen LogP contribution is 2.41. The van der Waals surface area contributed by atoms with Crippen LogP contribution in [0.15, 0.2) is 168 Å². The van der Waals surface area contributed by atoms with Gasteiger partial charge in [0.15, 0.2) is 0 Å². The van der Waals surface area contributed by atoms with Gasteiger partial charge in [0.1, 0.15) is 0 Å². The van der Waals surface area contributed by atoms with Crippen LogP contribution >= 0.6 is 0 Å². The Morgan fingerprint density at radius 2 is 1.62 bits per heavy atom. The average Bonchev–Trinajstić information content (AvgIpc) is 3.25. The van der Waals surface area contributed by atoms with Crippen molar-refractivity contribution in [3.05, 3.63) is 180 Å². The Balaban J connectivity index is 1.58. The van der Waals surface area contributed by atoms with Crippen LogP contribution in [0, 0.1) is 11.3 Å². The van der Waals surface area contributed by atoms with Crippen LogP contribution in [-0.2, 0) is 11.8 Å². The first-order valence-electron chi connectivity index (χ1n) is 18.3. The van der Waals surface area contributed by atoms with Crippen molar-refractivity contribution in [1.82, 2.24) is 4.90 Å². The van der Waals surface area contributed by atoms with Crippen LogP contribution in [0.3, 0.4) is 0 Å². The molecule has 1 atom stereocenters. The largest absolute Gasteiger partial charge is 0.403 e. The predicted molar refractivity (Wildman–Crippen MR) is 221 cm³/mol. The molecule has 2 aliphatic carbocycles. The molecule has 0 amide bonds. The summed E-state index contributed by atoms with van der Waals surface area (Å²) in [5.41, 5.74) is 15.8. The number of allylic oxidation sites excluding steroid dienone is 17. The maximum atomic E-state index is 5.91. The first kappa shape index (κ1) is 38.2. The lowest BCUT2D eigenvalue weighted by molar-refractivity contribution is 0.416. The number of fused-ring (bicyclic) bond motifs is 2. The summed E-state index contributed by atoms with van der Waals surface area (Å²) in [5.74, 6) is 0.259. The third kappa shape index (κ3) is 10.2. The third-order valence-corrected chi connectivity index (χ3v) is 9.86. The first-order valence-corrected chi connectivity index (χ1v) is 18.3. The number of benzene rings is 2. The molecule has 0 radical (unpaired) electrons. The lowest BCUT2D eigenvalue weighted by Gasteiger charge is -2.34. The molecule has 0 saturated heterocycles. The Morgan fingerprint density at radius 1 is 0.880 bits per heavy atom. The fraction of sp³-hybridized carbons (Fsp3) is 0.333. The molecule has 0 aromatic heterocycles. The van der Waals surface area contributed by atoms with Gasteiger partial charge in [0, 0.05) is 35.5 Å². The average molecular weight is 665 g/mol. The molecule has 4 rings (SSSR count).